The van der Waals surface area contributed by atoms with Crippen molar-refractivity contribution in [2.45, 2.75) is 0 Å². The fourth-order valence-corrected chi connectivity index (χ4v) is 1.99. The molecule has 0 unspecified atom stereocenters. The molecule has 0 bridgehead atoms. The molecule has 104 valence electrons. The molecule has 2 rings (SSSR count). The summed E-state index contributed by atoms with van der Waals surface area (Å²) in [7, 11) is 0. The van der Waals surface area contributed by atoms with E-state index in [-0.39, 0.29) is 17.5 Å². The Labute approximate surface area is 134 Å². The molecule has 2 aromatic carbocycles. The van der Waals surface area contributed by atoms with Gasteiger partial charge in [0.1, 0.15) is 11.6 Å². The van der Waals surface area contributed by atoms with Crippen molar-refractivity contribution in [2.24, 2.45) is 0 Å². The third kappa shape index (κ3) is 4.35. The number of amides is 1. The summed E-state index contributed by atoms with van der Waals surface area (Å²) in [6.45, 7) is -0.129. The normalized spacial score (nSPS) is 10.2. The van der Waals surface area contributed by atoms with Crippen LogP contribution < -0.4 is 10.1 Å². The van der Waals surface area contributed by atoms with Gasteiger partial charge in [-0.25, -0.2) is 4.39 Å². The van der Waals surface area contributed by atoms with Crippen molar-refractivity contribution in [1.82, 2.24) is 0 Å². The predicted molar refractivity (Wildman–Crippen MR) is 84.7 cm³/mol. The second-order valence-electron chi connectivity index (χ2n) is 3.92. The summed E-state index contributed by atoms with van der Waals surface area (Å²) in [5, 5.41) is 2.53. The molecule has 20 heavy (non-hydrogen) atoms. The maximum absolute atomic E-state index is 13.0. The van der Waals surface area contributed by atoms with Crippen LogP contribution >= 0.6 is 34.2 Å². The largest absolute Gasteiger partial charge is 0.484 e. The Balaban J connectivity index is 1.89. The molecule has 0 atom stereocenters. The first-order chi connectivity index (χ1) is 9.54. The van der Waals surface area contributed by atoms with Crippen LogP contribution in [0.4, 0.5) is 10.1 Å². The number of halogens is 3. The van der Waals surface area contributed by atoms with Crippen molar-refractivity contribution < 1.29 is 13.9 Å². The van der Waals surface area contributed by atoms with Gasteiger partial charge in [-0.3, -0.25) is 4.79 Å². The van der Waals surface area contributed by atoms with Gasteiger partial charge in [0.15, 0.2) is 6.61 Å². The Morgan fingerprint density at radius 1 is 1.25 bits per heavy atom. The Morgan fingerprint density at radius 2 is 1.95 bits per heavy atom. The minimum absolute atomic E-state index is 0.0404. The first-order valence-corrected chi connectivity index (χ1v) is 7.13. The Morgan fingerprint density at radius 3 is 2.60 bits per heavy atom. The van der Waals surface area contributed by atoms with Crippen LogP contribution in [0.2, 0.25) is 5.02 Å². The van der Waals surface area contributed by atoms with Gasteiger partial charge in [0, 0.05) is 9.26 Å². The first kappa shape index (κ1) is 15.1. The molecule has 3 nitrogen and oxygen atoms in total. The lowest BCUT2D eigenvalue weighted by Gasteiger charge is -2.08. The molecule has 0 aliphatic carbocycles. The van der Waals surface area contributed by atoms with Crippen LogP contribution in [0.3, 0.4) is 0 Å². The van der Waals surface area contributed by atoms with E-state index in [9.17, 15) is 9.18 Å². The van der Waals surface area contributed by atoms with Crippen molar-refractivity contribution in [3.8, 4) is 5.75 Å². The fraction of sp³-hybridized carbons (Fsp3) is 0.0714. The van der Waals surface area contributed by atoms with Gasteiger partial charge in [0.2, 0.25) is 0 Å². The maximum atomic E-state index is 13.0. The highest BCUT2D eigenvalue weighted by Crippen LogP contribution is 2.19. The van der Waals surface area contributed by atoms with Crippen molar-refractivity contribution in [3.05, 3.63) is 56.9 Å². The summed E-state index contributed by atoms with van der Waals surface area (Å²) in [4.78, 5) is 11.7. The van der Waals surface area contributed by atoms with Gasteiger partial charge in [-0.1, -0.05) is 11.6 Å². The van der Waals surface area contributed by atoms with E-state index in [4.69, 9.17) is 16.3 Å². The summed E-state index contributed by atoms with van der Waals surface area (Å²) in [6, 6.07) is 11.3. The Hall–Kier alpha value is -1.34. The van der Waals surface area contributed by atoms with E-state index in [1.165, 1.54) is 18.2 Å². The SMILES string of the molecule is O=C(COc1ccc(I)cc1)Nc1ccc(F)c(Cl)c1. The van der Waals surface area contributed by atoms with Crippen LogP contribution in [0, 0.1) is 9.39 Å². The lowest BCUT2D eigenvalue weighted by atomic mass is 10.3. The third-order valence-corrected chi connectivity index (χ3v) is 3.40. The minimum Gasteiger partial charge on any atom is -0.484 e. The number of carbonyl (C=O) groups excluding carboxylic acids is 1. The number of ether oxygens (including phenoxy) is 1. The van der Waals surface area contributed by atoms with E-state index in [1.807, 2.05) is 12.1 Å². The van der Waals surface area contributed by atoms with Gasteiger partial charge in [0.05, 0.1) is 5.02 Å². The topological polar surface area (TPSA) is 38.3 Å². The molecule has 6 heteroatoms. The van der Waals surface area contributed by atoms with E-state index in [0.717, 1.165) is 3.57 Å². The number of carbonyl (C=O) groups is 1. The fourth-order valence-electron chi connectivity index (χ4n) is 1.45. The first-order valence-electron chi connectivity index (χ1n) is 5.68. The lowest BCUT2D eigenvalue weighted by Crippen LogP contribution is -2.20. The molecule has 0 aromatic heterocycles. The highest BCUT2D eigenvalue weighted by molar-refractivity contribution is 14.1. The van der Waals surface area contributed by atoms with Gasteiger partial charge in [-0.2, -0.15) is 0 Å². The zero-order valence-electron chi connectivity index (χ0n) is 10.2. The van der Waals surface area contributed by atoms with E-state index < -0.39 is 5.82 Å². The van der Waals surface area contributed by atoms with Gasteiger partial charge < -0.3 is 10.1 Å². The molecule has 0 fully saturated rings. The molecule has 0 spiro atoms. The molecule has 0 aliphatic heterocycles. The Kier molecular flexibility index (Phi) is 5.19. The summed E-state index contributed by atoms with van der Waals surface area (Å²) in [5.74, 6) is -0.260. The van der Waals surface area contributed by atoms with Crippen molar-refractivity contribution in [1.29, 1.82) is 0 Å². The molecular formula is C14H10ClFINO2. The smallest absolute Gasteiger partial charge is 0.262 e. The van der Waals surface area contributed by atoms with E-state index >= 15 is 0 Å². The van der Waals surface area contributed by atoms with Crippen LogP contribution in [0.25, 0.3) is 0 Å². The van der Waals surface area contributed by atoms with Crippen LogP contribution in [0.5, 0.6) is 5.75 Å². The highest BCUT2D eigenvalue weighted by Gasteiger charge is 2.06. The highest BCUT2D eigenvalue weighted by atomic mass is 127. The average Bonchev–Trinajstić information content (AvgIpc) is 2.42. The predicted octanol–water partition coefficient (Wildman–Crippen LogP) is 4.10. The summed E-state index contributed by atoms with van der Waals surface area (Å²) >= 11 is 7.81. The quantitative estimate of drug-likeness (QED) is 0.778. The molecule has 0 saturated carbocycles. The zero-order chi connectivity index (χ0) is 14.5. The van der Waals surface area contributed by atoms with E-state index in [1.54, 1.807) is 12.1 Å². The van der Waals surface area contributed by atoms with Gasteiger partial charge in [-0.15, -0.1) is 0 Å². The molecule has 2 aromatic rings. The molecule has 0 radical (unpaired) electrons. The number of benzene rings is 2. The monoisotopic (exact) mass is 405 g/mol. The Bertz CT molecular complexity index is 619. The summed E-state index contributed by atoms with van der Waals surface area (Å²) < 4.78 is 19.4. The molecule has 1 amide bonds. The zero-order valence-corrected chi connectivity index (χ0v) is 13.1. The molecule has 0 heterocycles. The van der Waals surface area contributed by atoms with Crippen LogP contribution in [0.15, 0.2) is 42.5 Å². The number of hydrogen-bond acceptors (Lipinski definition) is 2. The van der Waals surface area contributed by atoms with Crippen LogP contribution in [-0.2, 0) is 4.79 Å². The second kappa shape index (κ2) is 6.90. The van der Waals surface area contributed by atoms with Gasteiger partial charge in [-0.05, 0) is 65.1 Å². The number of anilines is 1. The van der Waals surface area contributed by atoms with Gasteiger partial charge in [0.25, 0.3) is 5.91 Å². The summed E-state index contributed by atoms with van der Waals surface area (Å²) in [5.41, 5.74) is 0.424. The number of nitrogens with one attached hydrogen (secondary N) is 1. The maximum Gasteiger partial charge on any atom is 0.262 e. The summed E-state index contributed by atoms with van der Waals surface area (Å²) in [6.07, 6.45) is 0. The van der Waals surface area contributed by atoms with Crippen molar-refractivity contribution >= 4 is 45.8 Å². The van der Waals surface area contributed by atoms with E-state index in [2.05, 4.69) is 27.9 Å². The number of rotatable bonds is 4. The van der Waals surface area contributed by atoms with Crippen LogP contribution in [-0.4, -0.2) is 12.5 Å². The minimum atomic E-state index is -0.528. The standard InChI is InChI=1S/C14H10ClFINO2/c15-12-7-10(3-6-13(12)16)18-14(19)8-20-11-4-1-9(17)2-5-11/h1-7H,8H2,(H,18,19). The molecule has 0 saturated heterocycles. The molecular weight excluding hydrogens is 396 g/mol. The van der Waals surface area contributed by atoms with E-state index in [0.29, 0.717) is 11.4 Å². The van der Waals surface area contributed by atoms with Crippen LogP contribution in [0.1, 0.15) is 0 Å². The van der Waals surface area contributed by atoms with Gasteiger partial charge >= 0.3 is 0 Å². The molecule has 0 aliphatic rings. The number of hydrogen-bond donors (Lipinski definition) is 1. The second-order valence-corrected chi connectivity index (χ2v) is 5.57. The van der Waals surface area contributed by atoms with Crippen molar-refractivity contribution in [2.75, 3.05) is 11.9 Å². The average molecular weight is 406 g/mol. The lowest BCUT2D eigenvalue weighted by molar-refractivity contribution is -0.118. The molecule has 1 N–H and O–H groups in total. The van der Waals surface area contributed by atoms with Crippen molar-refractivity contribution in [3.63, 3.8) is 0 Å². The third-order valence-electron chi connectivity index (χ3n) is 2.39.